The molecule has 16 heteroatoms. The fourth-order valence-electron chi connectivity index (χ4n) is 1.70. The smallest absolute Gasteiger partial charge is 0.743 e. The van der Waals surface area contributed by atoms with Crippen molar-refractivity contribution in [3.05, 3.63) is 0 Å². The van der Waals surface area contributed by atoms with Crippen molar-refractivity contribution in [3.63, 3.8) is 0 Å². The molecule has 158 valence electrons. The molecule has 0 amide bonds. The summed E-state index contributed by atoms with van der Waals surface area (Å²) in [6.45, 7) is 1.46. The van der Waals surface area contributed by atoms with Crippen molar-refractivity contribution in [2.45, 2.75) is 67.7 Å². The molecule has 3 nitrogen and oxygen atoms in total. The Morgan fingerprint density at radius 3 is 1.56 bits per heavy atom. The molecule has 0 spiro atoms. The van der Waals surface area contributed by atoms with Gasteiger partial charge in [0.05, 0.1) is 0 Å². The quantitative estimate of drug-likeness (QED) is 0.210. The van der Waals surface area contributed by atoms with Gasteiger partial charge in [-0.25, -0.2) is 12.8 Å². The molecule has 0 aromatic carbocycles. The fraction of sp³-hybridized carbons (Fsp3) is 1.00. The fourth-order valence-corrected chi connectivity index (χ4v) is 2.14. The zero-order valence-electron chi connectivity index (χ0n) is 13.7. The summed E-state index contributed by atoms with van der Waals surface area (Å²) in [4.78, 5) is 0. The minimum Gasteiger partial charge on any atom is -0.743 e. The summed E-state index contributed by atoms with van der Waals surface area (Å²) >= 11 is 0. The molecule has 0 aromatic heterocycles. The first-order valence-electron chi connectivity index (χ1n) is 6.72. The Morgan fingerprint density at radius 2 is 1.22 bits per heavy atom. The Labute approximate surface area is 189 Å². The van der Waals surface area contributed by atoms with Crippen LogP contribution in [-0.4, -0.2) is 48.1 Å². The number of hydrogen-bond acceptors (Lipinski definition) is 3. The largest absolute Gasteiger partial charge is 1.00 e. The average Bonchev–Trinajstić information content (AvgIpc) is 2.45. The van der Waals surface area contributed by atoms with Gasteiger partial charge in [0.25, 0.3) is 0 Å². The number of halogens is 11. The van der Waals surface area contributed by atoms with Gasteiger partial charge >= 0.3 is 80.3 Å². The summed E-state index contributed by atoms with van der Waals surface area (Å²) in [5, 5.41) is -7.38. The molecule has 0 aromatic rings. The van der Waals surface area contributed by atoms with Gasteiger partial charge in [-0.3, -0.25) is 0 Å². The van der Waals surface area contributed by atoms with E-state index in [4.69, 9.17) is 0 Å². The third-order valence-electron chi connectivity index (χ3n) is 3.34. The molecule has 0 radical (unpaired) electrons. The van der Waals surface area contributed by atoms with E-state index in [0.29, 0.717) is 0 Å². The van der Waals surface area contributed by atoms with E-state index in [-0.39, 0.29) is 64.2 Å². The summed E-state index contributed by atoms with van der Waals surface area (Å²) in [5.74, 6) is -29.6. The summed E-state index contributed by atoms with van der Waals surface area (Å²) in [6, 6.07) is 0. The first-order chi connectivity index (χ1) is 11.2. The molecule has 0 rings (SSSR count). The van der Waals surface area contributed by atoms with Crippen LogP contribution in [0.3, 0.4) is 0 Å². The first kappa shape index (κ1) is 30.0. The van der Waals surface area contributed by atoms with E-state index < -0.39 is 58.1 Å². The molecule has 0 heterocycles. The second kappa shape index (κ2) is 9.28. The maximum Gasteiger partial charge on any atom is 1.00 e. The van der Waals surface area contributed by atoms with Crippen LogP contribution in [0.15, 0.2) is 0 Å². The normalized spacial score (nSPS) is 16.0. The van der Waals surface area contributed by atoms with E-state index in [9.17, 15) is 61.3 Å². The standard InChI is InChI=1S/C11H13F11O3S.K/c1-2-3-4-5-6(12)7(13,14)8(15,16)9(17,18)10(19,20)11(21,22)26(23,24)25;/h6H,2-5H2,1H3,(H,23,24,25);/q;+1/p-1. The van der Waals surface area contributed by atoms with Crippen molar-refractivity contribution in [3.8, 4) is 0 Å². The minimum atomic E-state index is -7.79. The van der Waals surface area contributed by atoms with Crippen LogP contribution in [0.4, 0.5) is 48.3 Å². The number of hydrogen-bond donors (Lipinski definition) is 0. The van der Waals surface area contributed by atoms with E-state index in [1.807, 2.05) is 0 Å². The van der Waals surface area contributed by atoms with Gasteiger partial charge in [0.2, 0.25) is 0 Å². The zero-order chi connectivity index (χ0) is 21.4. The molecule has 0 fully saturated rings. The van der Waals surface area contributed by atoms with Crippen LogP contribution < -0.4 is 51.4 Å². The summed E-state index contributed by atoms with van der Waals surface area (Å²) in [6.07, 6.45) is -5.95. The van der Waals surface area contributed by atoms with Crippen LogP contribution in [0.25, 0.3) is 0 Å². The van der Waals surface area contributed by atoms with Gasteiger partial charge < -0.3 is 4.55 Å². The Balaban J connectivity index is 0. The number of alkyl halides is 11. The van der Waals surface area contributed by atoms with Crippen molar-refractivity contribution in [1.29, 1.82) is 0 Å². The summed E-state index contributed by atoms with van der Waals surface area (Å²) < 4.78 is 175. The molecular formula is C11H12F11KO3S. The van der Waals surface area contributed by atoms with Gasteiger partial charge in [-0.05, 0) is 6.42 Å². The molecule has 0 N–H and O–H groups in total. The molecule has 0 aliphatic heterocycles. The zero-order valence-corrected chi connectivity index (χ0v) is 17.6. The van der Waals surface area contributed by atoms with E-state index in [1.54, 1.807) is 0 Å². The Bertz CT molecular complexity index is 594. The van der Waals surface area contributed by atoms with Crippen LogP contribution in [0.2, 0.25) is 0 Å². The van der Waals surface area contributed by atoms with Crippen LogP contribution >= 0.6 is 0 Å². The Morgan fingerprint density at radius 1 is 0.815 bits per heavy atom. The minimum absolute atomic E-state index is 0. The second-order valence-corrected chi connectivity index (χ2v) is 6.70. The van der Waals surface area contributed by atoms with Crippen LogP contribution in [0.1, 0.15) is 32.6 Å². The predicted molar refractivity (Wildman–Crippen MR) is 63.5 cm³/mol. The SMILES string of the molecule is CCCCCC(F)C(F)(F)C(F)(F)C(F)(F)C(F)(F)C(F)(F)S(=O)(=O)[O-].[K+]. The Hall–Kier alpha value is 0.776. The van der Waals surface area contributed by atoms with E-state index >= 15 is 0 Å². The van der Waals surface area contributed by atoms with Gasteiger partial charge in [-0.1, -0.05) is 26.2 Å². The maximum absolute atomic E-state index is 13.3. The molecule has 1 atom stereocenters. The predicted octanol–water partition coefficient (Wildman–Crippen LogP) is 1.59. The number of unbranched alkanes of at least 4 members (excludes halogenated alkanes) is 2. The molecule has 0 saturated heterocycles. The van der Waals surface area contributed by atoms with Gasteiger partial charge in [-0.15, -0.1) is 0 Å². The van der Waals surface area contributed by atoms with Crippen molar-refractivity contribution in [2.24, 2.45) is 0 Å². The van der Waals surface area contributed by atoms with Crippen molar-refractivity contribution in [2.75, 3.05) is 0 Å². The van der Waals surface area contributed by atoms with Crippen LogP contribution in [0, 0.1) is 0 Å². The van der Waals surface area contributed by atoms with Crippen LogP contribution in [0.5, 0.6) is 0 Å². The van der Waals surface area contributed by atoms with Gasteiger partial charge in [0.15, 0.2) is 16.3 Å². The van der Waals surface area contributed by atoms with Crippen molar-refractivity contribution < 1.29 is 113 Å². The molecule has 0 saturated carbocycles. The molecule has 27 heavy (non-hydrogen) atoms. The van der Waals surface area contributed by atoms with E-state index in [0.717, 1.165) is 0 Å². The van der Waals surface area contributed by atoms with Gasteiger partial charge in [-0.2, -0.15) is 43.9 Å². The van der Waals surface area contributed by atoms with E-state index in [1.165, 1.54) is 6.92 Å². The summed E-state index contributed by atoms with van der Waals surface area (Å²) in [5.41, 5.74) is 0. The van der Waals surface area contributed by atoms with Gasteiger partial charge in [0.1, 0.15) is 0 Å². The number of rotatable bonds is 10. The average molecular weight is 472 g/mol. The molecule has 0 aliphatic rings. The molecule has 0 bridgehead atoms. The maximum atomic E-state index is 13.3. The third kappa shape index (κ3) is 5.10. The van der Waals surface area contributed by atoms with Crippen LogP contribution in [-0.2, 0) is 10.1 Å². The van der Waals surface area contributed by atoms with Crippen molar-refractivity contribution in [1.82, 2.24) is 0 Å². The van der Waals surface area contributed by atoms with Crippen molar-refractivity contribution >= 4 is 10.1 Å². The van der Waals surface area contributed by atoms with E-state index in [2.05, 4.69) is 0 Å². The topological polar surface area (TPSA) is 57.2 Å². The monoisotopic (exact) mass is 472 g/mol. The molecule has 1 unspecified atom stereocenters. The summed E-state index contributed by atoms with van der Waals surface area (Å²) in [7, 11) is -7.67. The molecule has 0 aliphatic carbocycles. The molecular weight excluding hydrogens is 460 g/mol. The third-order valence-corrected chi connectivity index (χ3v) is 4.23. The Kier molecular flexibility index (Phi) is 10.3. The van der Waals surface area contributed by atoms with Gasteiger partial charge in [0, 0.05) is 0 Å². The first-order valence-corrected chi connectivity index (χ1v) is 8.12. The second-order valence-electron chi connectivity index (χ2n) is 5.28.